The minimum Gasteiger partial charge on any atom is -0.490 e. The highest BCUT2D eigenvalue weighted by Crippen LogP contribution is 2.48. The molecule has 1 aromatic carbocycles. The molecule has 6 heterocycles. The largest absolute Gasteiger partial charge is 0.490 e. The van der Waals surface area contributed by atoms with Crippen molar-refractivity contribution in [3.05, 3.63) is 71.2 Å². The number of pyridine rings is 2. The summed E-state index contributed by atoms with van der Waals surface area (Å²) < 4.78 is 47.7. The fourth-order valence-electron chi connectivity index (χ4n) is 9.83. The highest BCUT2D eigenvalue weighted by molar-refractivity contribution is 7.81. The number of ether oxygens (including phenoxy) is 1. The average Bonchev–Trinajstić information content (AvgIpc) is 3.62. The molecule has 3 aromatic rings. The van der Waals surface area contributed by atoms with Crippen LogP contribution in [0.4, 0.5) is 30.4 Å². The van der Waals surface area contributed by atoms with Crippen molar-refractivity contribution in [3.8, 4) is 11.8 Å². The van der Waals surface area contributed by atoms with Crippen molar-refractivity contribution in [3.63, 3.8) is 0 Å². The van der Waals surface area contributed by atoms with Gasteiger partial charge in [-0.15, -0.1) is 0 Å². The predicted molar refractivity (Wildman–Crippen MR) is 225 cm³/mol. The first-order chi connectivity index (χ1) is 30.1. The van der Waals surface area contributed by atoms with Crippen molar-refractivity contribution in [2.45, 2.75) is 108 Å². The molecule has 9 rings (SSSR count). The SMILES string of the molecule is CC(C)N(CC1CCN(c2ccc(N3C(=S)N(c4cnc(C#N)c(C(F)(F)F)c4)C(=O)C34CCC4)cn2)CC1)[C@H]1C[C@H](Oc2ccc3c(c2)C(=O)N(C2CCC(=O)NC2=O)C3=O)C1. The van der Waals surface area contributed by atoms with Crippen LogP contribution in [-0.2, 0) is 20.6 Å². The van der Waals surface area contributed by atoms with Crippen LogP contribution >= 0.6 is 12.2 Å². The van der Waals surface area contributed by atoms with E-state index < -0.39 is 58.6 Å². The zero-order valence-electron chi connectivity index (χ0n) is 34.6. The number of rotatable bonds is 10. The molecule has 2 aliphatic carbocycles. The number of amides is 5. The van der Waals surface area contributed by atoms with Gasteiger partial charge in [0.1, 0.15) is 35.3 Å². The number of nitriles is 1. The number of imide groups is 2. The van der Waals surface area contributed by atoms with E-state index in [4.69, 9.17) is 21.9 Å². The van der Waals surface area contributed by atoms with Crippen molar-refractivity contribution >= 4 is 64.1 Å². The van der Waals surface area contributed by atoms with E-state index in [1.807, 2.05) is 12.1 Å². The summed E-state index contributed by atoms with van der Waals surface area (Å²) in [5.41, 5.74) is -2.22. The van der Waals surface area contributed by atoms with E-state index in [9.17, 15) is 42.4 Å². The summed E-state index contributed by atoms with van der Waals surface area (Å²) in [6, 6.07) is 10.4. The number of hydrogen-bond acceptors (Lipinski definition) is 12. The number of alkyl halides is 3. The van der Waals surface area contributed by atoms with Crippen molar-refractivity contribution in [1.82, 2.24) is 25.1 Å². The molecule has 6 aliphatic rings. The van der Waals surface area contributed by atoms with Crippen LogP contribution in [0.5, 0.6) is 5.75 Å². The lowest BCUT2D eigenvalue weighted by molar-refractivity contribution is -0.138. The van der Waals surface area contributed by atoms with Crippen LogP contribution in [0.15, 0.2) is 48.8 Å². The first-order valence-electron chi connectivity index (χ1n) is 21.2. The van der Waals surface area contributed by atoms with E-state index >= 15 is 0 Å². The molecule has 3 saturated heterocycles. The van der Waals surface area contributed by atoms with Gasteiger partial charge < -0.3 is 14.5 Å². The van der Waals surface area contributed by atoms with Gasteiger partial charge in [-0.1, -0.05) is 0 Å². The molecular weight excluding hydrogens is 840 g/mol. The number of piperidine rings is 2. The fraction of sp³-hybridized carbons (Fsp3) is 0.477. The standard InChI is InChI=1S/C44H44F3N9O6S/c1-24(2)53(27-16-30(17-27)62-29-5-6-31-32(19-29)40(60)55(39(31)59)35-7-9-37(57)51-38(35)58)23-25-10-14-52(15-11-25)36-8-4-26(21-50-36)56-42(63)54(41(61)43(56)12-3-13-43)28-18-33(44(45,46)47)34(20-48)49-22-28/h4-6,8,18-19,21-22,24-25,27,30,35H,3,7,9-17,23H2,1-2H3,(H,51,57,58)/t27-,30-,35?. The minimum atomic E-state index is -4.85. The summed E-state index contributed by atoms with van der Waals surface area (Å²) in [6.45, 7) is 6.91. The number of aromatic nitrogens is 2. The number of benzene rings is 1. The van der Waals surface area contributed by atoms with E-state index in [1.54, 1.807) is 29.3 Å². The third-order valence-electron chi connectivity index (χ3n) is 13.4. The van der Waals surface area contributed by atoms with Crippen molar-refractivity contribution in [1.29, 1.82) is 5.26 Å². The van der Waals surface area contributed by atoms with Crippen LogP contribution in [0.2, 0.25) is 0 Å². The number of hydrogen-bond donors (Lipinski definition) is 1. The fourth-order valence-corrected chi connectivity index (χ4v) is 10.3. The number of nitrogens with zero attached hydrogens (tertiary/aromatic N) is 8. The Bertz CT molecular complexity index is 2460. The molecular formula is C44H44F3N9O6S. The predicted octanol–water partition coefficient (Wildman–Crippen LogP) is 5.37. The number of halogens is 3. The summed E-state index contributed by atoms with van der Waals surface area (Å²) in [4.78, 5) is 81.4. The Morgan fingerprint density at radius 1 is 0.968 bits per heavy atom. The molecule has 1 unspecified atom stereocenters. The van der Waals surface area contributed by atoms with Crippen LogP contribution in [0.1, 0.15) is 104 Å². The van der Waals surface area contributed by atoms with Gasteiger partial charge in [-0.2, -0.15) is 18.4 Å². The number of carbonyl (C=O) groups is 5. The Labute approximate surface area is 366 Å². The molecule has 328 valence electrons. The molecule has 0 radical (unpaired) electrons. The number of fused-ring (bicyclic) bond motifs is 1. The summed E-state index contributed by atoms with van der Waals surface area (Å²) >= 11 is 5.76. The van der Waals surface area contributed by atoms with Gasteiger partial charge in [0.15, 0.2) is 10.8 Å². The molecule has 4 aliphatic heterocycles. The van der Waals surface area contributed by atoms with Gasteiger partial charge in [0.2, 0.25) is 11.8 Å². The summed E-state index contributed by atoms with van der Waals surface area (Å²) in [6.07, 6.45) is 3.21. The molecule has 1 atom stereocenters. The first kappa shape index (κ1) is 42.3. The molecule has 15 nitrogen and oxygen atoms in total. The van der Waals surface area contributed by atoms with Gasteiger partial charge in [-0.25, -0.2) is 9.97 Å². The van der Waals surface area contributed by atoms with Gasteiger partial charge in [-0.05, 0) is 107 Å². The zero-order chi connectivity index (χ0) is 44.5. The van der Waals surface area contributed by atoms with Crippen LogP contribution in [-0.4, -0.2) is 104 Å². The van der Waals surface area contributed by atoms with Crippen molar-refractivity contribution < 1.29 is 41.9 Å². The second-order valence-corrected chi connectivity index (χ2v) is 17.8. The lowest BCUT2D eigenvalue weighted by atomic mass is 9.75. The Balaban J connectivity index is 0.789. The quantitative estimate of drug-likeness (QED) is 0.204. The van der Waals surface area contributed by atoms with Crippen molar-refractivity contribution in [2.24, 2.45) is 5.92 Å². The molecule has 0 bridgehead atoms. The maximum atomic E-state index is 13.9. The highest BCUT2D eigenvalue weighted by atomic mass is 32.1. The van der Waals surface area contributed by atoms with Gasteiger partial charge in [-0.3, -0.25) is 44.0 Å². The van der Waals surface area contributed by atoms with Gasteiger partial charge in [0.25, 0.3) is 17.7 Å². The minimum absolute atomic E-state index is 0.0336. The van der Waals surface area contributed by atoms with Crippen molar-refractivity contribution in [2.75, 3.05) is 34.3 Å². The Kier molecular flexibility index (Phi) is 10.7. The Morgan fingerprint density at radius 2 is 1.68 bits per heavy atom. The van der Waals surface area contributed by atoms with Crippen LogP contribution < -0.4 is 24.8 Å². The van der Waals surface area contributed by atoms with Crippen LogP contribution in [0.25, 0.3) is 0 Å². The molecule has 5 fully saturated rings. The Morgan fingerprint density at radius 3 is 2.30 bits per heavy atom. The second-order valence-electron chi connectivity index (χ2n) is 17.5. The van der Waals surface area contributed by atoms with E-state index in [0.717, 1.165) is 79.6 Å². The Hall–Kier alpha value is -6.00. The lowest BCUT2D eigenvalue weighted by Crippen LogP contribution is -2.55. The molecule has 2 aromatic heterocycles. The zero-order valence-corrected chi connectivity index (χ0v) is 35.4. The monoisotopic (exact) mass is 883 g/mol. The van der Waals surface area contributed by atoms with Gasteiger partial charge in [0, 0.05) is 51.0 Å². The average molecular weight is 884 g/mol. The van der Waals surface area contributed by atoms with E-state index in [1.165, 1.54) is 6.07 Å². The smallest absolute Gasteiger partial charge is 0.419 e. The summed E-state index contributed by atoms with van der Waals surface area (Å²) in [7, 11) is 0. The summed E-state index contributed by atoms with van der Waals surface area (Å²) in [5, 5.41) is 11.5. The highest BCUT2D eigenvalue weighted by Gasteiger charge is 2.60. The number of nitrogens with one attached hydrogen (secondary N) is 1. The van der Waals surface area contributed by atoms with E-state index in [-0.39, 0.29) is 40.9 Å². The maximum absolute atomic E-state index is 13.9. The van der Waals surface area contributed by atoms with Crippen LogP contribution in [0, 0.1) is 17.2 Å². The van der Waals surface area contributed by atoms with E-state index in [2.05, 4.69) is 33.9 Å². The third-order valence-corrected chi connectivity index (χ3v) is 13.8. The van der Waals surface area contributed by atoms with Crippen LogP contribution in [0.3, 0.4) is 0 Å². The molecule has 19 heteroatoms. The van der Waals surface area contributed by atoms with E-state index in [0.29, 0.717) is 42.3 Å². The van der Waals surface area contributed by atoms with Gasteiger partial charge in [0.05, 0.1) is 40.5 Å². The molecule has 1 spiro atoms. The second kappa shape index (κ2) is 16.0. The van der Waals surface area contributed by atoms with Gasteiger partial charge >= 0.3 is 6.18 Å². The molecule has 1 N–H and O–H groups in total. The summed E-state index contributed by atoms with van der Waals surface area (Å²) in [5.74, 6) is -0.907. The maximum Gasteiger partial charge on any atom is 0.419 e. The number of anilines is 3. The lowest BCUT2D eigenvalue weighted by Gasteiger charge is -2.46. The first-order valence-corrected chi connectivity index (χ1v) is 21.6. The molecule has 5 amide bonds. The number of carbonyl (C=O) groups excluding carboxylic acids is 5. The molecule has 63 heavy (non-hydrogen) atoms. The molecule has 2 saturated carbocycles. The topological polar surface area (TPSA) is 172 Å². The third kappa shape index (κ3) is 7.36. The number of thiocarbonyl (C=S) groups is 1. The normalized spacial score (nSPS) is 23.7.